The van der Waals surface area contributed by atoms with E-state index in [-0.39, 0.29) is 5.82 Å². The lowest BCUT2D eigenvalue weighted by molar-refractivity contribution is 0.575. The standard InChI is InChI=1S/C14H19FN2/c1-4-17-12(8-10(2)16-3)9-11-6-5-7-13(15)14(11)17/h5-7,9-10,16H,4,8H2,1-3H3. The van der Waals surface area contributed by atoms with Gasteiger partial charge in [-0.1, -0.05) is 12.1 Å². The minimum absolute atomic E-state index is 0.132. The Morgan fingerprint density at radius 3 is 2.82 bits per heavy atom. The Hall–Kier alpha value is -1.35. The molecule has 1 heterocycles. The van der Waals surface area contributed by atoms with E-state index in [2.05, 4.69) is 29.8 Å². The molecular weight excluding hydrogens is 215 g/mol. The molecule has 0 saturated carbocycles. The molecule has 1 unspecified atom stereocenters. The molecule has 17 heavy (non-hydrogen) atoms. The van der Waals surface area contributed by atoms with Gasteiger partial charge in [-0.05, 0) is 33.0 Å². The number of nitrogens with one attached hydrogen (secondary N) is 1. The summed E-state index contributed by atoms with van der Waals surface area (Å²) in [5, 5.41) is 4.21. The molecule has 0 aliphatic rings. The summed E-state index contributed by atoms with van der Waals surface area (Å²) in [5.74, 6) is -0.132. The third-order valence-electron chi connectivity index (χ3n) is 3.28. The number of nitrogens with zero attached hydrogens (tertiary/aromatic N) is 1. The normalized spacial score (nSPS) is 13.2. The van der Waals surface area contributed by atoms with Crippen molar-refractivity contribution in [3.8, 4) is 0 Å². The van der Waals surface area contributed by atoms with Crippen molar-refractivity contribution in [1.82, 2.24) is 9.88 Å². The fourth-order valence-corrected chi connectivity index (χ4v) is 2.28. The number of benzene rings is 1. The average molecular weight is 234 g/mol. The Morgan fingerprint density at radius 2 is 2.18 bits per heavy atom. The molecule has 0 bridgehead atoms. The van der Waals surface area contributed by atoms with Crippen LogP contribution in [0.25, 0.3) is 10.9 Å². The lowest BCUT2D eigenvalue weighted by atomic mass is 10.2. The third kappa shape index (κ3) is 2.20. The van der Waals surface area contributed by atoms with E-state index in [0.717, 1.165) is 23.9 Å². The molecule has 92 valence electrons. The van der Waals surface area contributed by atoms with Crippen LogP contribution >= 0.6 is 0 Å². The molecule has 2 aromatic rings. The Kier molecular flexibility index (Phi) is 3.48. The minimum Gasteiger partial charge on any atom is -0.342 e. The zero-order chi connectivity index (χ0) is 12.4. The van der Waals surface area contributed by atoms with Gasteiger partial charge in [0.1, 0.15) is 5.82 Å². The predicted octanol–water partition coefficient (Wildman–Crippen LogP) is 2.95. The first-order chi connectivity index (χ1) is 8.17. The molecule has 2 rings (SSSR count). The number of hydrogen-bond donors (Lipinski definition) is 1. The maximum atomic E-state index is 13.8. The molecule has 0 saturated heterocycles. The highest BCUT2D eigenvalue weighted by molar-refractivity contribution is 5.82. The van der Waals surface area contributed by atoms with Crippen molar-refractivity contribution < 1.29 is 4.39 Å². The van der Waals surface area contributed by atoms with Gasteiger partial charge in [0.25, 0.3) is 0 Å². The first kappa shape index (κ1) is 12.1. The Morgan fingerprint density at radius 1 is 1.41 bits per heavy atom. The van der Waals surface area contributed by atoms with Crippen LogP contribution in [0.3, 0.4) is 0 Å². The fraction of sp³-hybridized carbons (Fsp3) is 0.429. The fourth-order valence-electron chi connectivity index (χ4n) is 2.28. The van der Waals surface area contributed by atoms with Crippen molar-refractivity contribution in [2.75, 3.05) is 7.05 Å². The van der Waals surface area contributed by atoms with Gasteiger partial charge < -0.3 is 9.88 Å². The van der Waals surface area contributed by atoms with Crippen LogP contribution < -0.4 is 5.32 Å². The zero-order valence-corrected chi connectivity index (χ0v) is 10.6. The third-order valence-corrected chi connectivity index (χ3v) is 3.28. The summed E-state index contributed by atoms with van der Waals surface area (Å²) >= 11 is 0. The van der Waals surface area contributed by atoms with Crippen LogP contribution in [-0.4, -0.2) is 17.7 Å². The van der Waals surface area contributed by atoms with E-state index in [9.17, 15) is 4.39 Å². The number of hydrogen-bond acceptors (Lipinski definition) is 1. The van der Waals surface area contributed by atoms with Crippen LogP contribution in [0, 0.1) is 5.82 Å². The highest BCUT2D eigenvalue weighted by Gasteiger charge is 2.12. The molecule has 0 aliphatic heterocycles. The number of aromatic nitrogens is 1. The van der Waals surface area contributed by atoms with Crippen LogP contribution in [0.15, 0.2) is 24.3 Å². The van der Waals surface area contributed by atoms with E-state index in [1.807, 2.05) is 13.1 Å². The first-order valence-electron chi connectivity index (χ1n) is 6.11. The second-order valence-corrected chi connectivity index (χ2v) is 4.45. The van der Waals surface area contributed by atoms with Gasteiger partial charge >= 0.3 is 0 Å². The molecule has 2 nitrogen and oxygen atoms in total. The van der Waals surface area contributed by atoms with Gasteiger partial charge in [0, 0.05) is 30.1 Å². The van der Waals surface area contributed by atoms with Crippen molar-refractivity contribution >= 4 is 10.9 Å². The molecule has 0 fully saturated rings. The molecule has 0 amide bonds. The molecular formula is C14H19FN2. The summed E-state index contributed by atoms with van der Waals surface area (Å²) in [6.07, 6.45) is 0.915. The Bertz CT molecular complexity index is 516. The summed E-state index contributed by atoms with van der Waals surface area (Å²) in [4.78, 5) is 0. The van der Waals surface area contributed by atoms with Crippen molar-refractivity contribution in [3.05, 3.63) is 35.8 Å². The second kappa shape index (κ2) is 4.88. The van der Waals surface area contributed by atoms with Gasteiger partial charge in [-0.15, -0.1) is 0 Å². The highest BCUT2D eigenvalue weighted by Crippen LogP contribution is 2.23. The van der Waals surface area contributed by atoms with Crippen LogP contribution in [-0.2, 0) is 13.0 Å². The summed E-state index contributed by atoms with van der Waals surface area (Å²) in [5.41, 5.74) is 1.92. The first-order valence-corrected chi connectivity index (χ1v) is 6.11. The highest BCUT2D eigenvalue weighted by atomic mass is 19.1. The van der Waals surface area contributed by atoms with Crippen LogP contribution in [0.2, 0.25) is 0 Å². The average Bonchev–Trinajstić information content (AvgIpc) is 2.67. The smallest absolute Gasteiger partial charge is 0.147 e. The molecule has 1 N–H and O–H groups in total. The molecule has 0 aliphatic carbocycles. The topological polar surface area (TPSA) is 17.0 Å². The number of halogens is 1. The molecule has 3 heteroatoms. The summed E-state index contributed by atoms with van der Waals surface area (Å²) < 4.78 is 15.9. The lowest BCUT2D eigenvalue weighted by Crippen LogP contribution is -2.24. The molecule has 0 radical (unpaired) electrons. The zero-order valence-electron chi connectivity index (χ0n) is 10.6. The van der Waals surface area contributed by atoms with Gasteiger partial charge in [0.2, 0.25) is 0 Å². The van der Waals surface area contributed by atoms with Crippen LogP contribution in [0.5, 0.6) is 0 Å². The summed E-state index contributed by atoms with van der Waals surface area (Å²) in [6, 6.07) is 7.75. The van der Waals surface area contributed by atoms with Gasteiger partial charge in [-0.25, -0.2) is 4.39 Å². The largest absolute Gasteiger partial charge is 0.342 e. The maximum absolute atomic E-state index is 13.8. The van der Waals surface area contributed by atoms with E-state index < -0.39 is 0 Å². The van der Waals surface area contributed by atoms with Gasteiger partial charge in [-0.2, -0.15) is 0 Å². The van der Waals surface area contributed by atoms with Crippen molar-refractivity contribution in [2.24, 2.45) is 0 Å². The quantitative estimate of drug-likeness (QED) is 0.860. The van der Waals surface area contributed by atoms with Gasteiger partial charge in [-0.3, -0.25) is 0 Å². The van der Waals surface area contributed by atoms with Crippen LogP contribution in [0.1, 0.15) is 19.5 Å². The minimum atomic E-state index is -0.132. The molecule has 1 atom stereocenters. The van der Waals surface area contributed by atoms with E-state index in [1.54, 1.807) is 6.07 Å². The number of rotatable bonds is 4. The van der Waals surface area contributed by atoms with Crippen molar-refractivity contribution in [3.63, 3.8) is 0 Å². The SMILES string of the molecule is CCn1c(CC(C)NC)cc2cccc(F)c21. The summed E-state index contributed by atoms with van der Waals surface area (Å²) in [7, 11) is 1.95. The van der Waals surface area contributed by atoms with Gasteiger partial charge in [0.05, 0.1) is 5.52 Å². The number of fused-ring (bicyclic) bond motifs is 1. The predicted molar refractivity (Wildman–Crippen MR) is 69.8 cm³/mol. The number of aryl methyl sites for hydroxylation is 1. The maximum Gasteiger partial charge on any atom is 0.147 e. The van der Waals surface area contributed by atoms with Crippen molar-refractivity contribution in [2.45, 2.75) is 32.9 Å². The number of likely N-dealkylation sites (N-methyl/N-ethyl adjacent to an activating group) is 1. The lowest BCUT2D eigenvalue weighted by Gasteiger charge is -2.12. The molecule has 1 aromatic carbocycles. The Labute approximate surface area is 101 Å². The molecule has 1 aromatic heterocycles. The van der Waals surface area contributed by atoms with E-state index in [0.29, 0.717) is 6.04 Å². The van der Waals surface area contributed by atoms with Gasteiger partial charge in [0.15, 0.2) is 0 Å². The monoisotopic (exact) mass is 234 g/mol. The summed E-state index contributed by atoms with van der Waals surface area (Å²) in [6.45, 7) is 4.99. The van der Waals surface area contributed by atoms with Crippen molar-refractivity contribution in [1.29, 1.82) is 0 Å². The second-order valence-electron chi connectivity index (χ2n) is 4.45. The Balaban J connectivity index is 2.53. The van der Waals surface area contributed by atoms with E-state index >= 15 is 0 Å². The molecule has 0 spiro atoms. The van der Waals surface area contributed by atoms with Crippen LogP contribution in [0.4, 0.5) is 4.39 Å². The van der Waals surface area contributed by atoms with E-state index in [1.165, 1.54) is 11.8 Å². The number of para-hydroxylation sites is 1. The van der Waals surface area contributed by atoms with E-state index in [4.69, 9.17) is 0 Å².